The first-order valence-electron chi connectivity index (χ1n) is 9.27. The monoisotopic (exact) mass is 375 g/mol. The third-order valence-corrected chi connectivity index (χ3v) is 6.38. The van der Waals surface area contributed by atoms with E-state index in [2.05, 4.69) is 16.9 Å². The summed E-state index contributed by atoms with van der Waals surface area (Å²) in [4.78, 5) is 29.0. The summed E-state index contributed by atoms with van der Waals surface area (Å²) in [5.74, 6) is 1.48. The van der Waals surface area contributed by atoms with Crippen LogP contribution in [0.4, 0.5) is 11.4 Å². The molecule has 0 saturated carbocycles. The Hall–Kier alpha value is -1.57. The number of carbonyl (C=O) groups excluding carboxylic acids is 2. The summed E-state index contributed by atoms with van der Waals surface area (Å²) >= 11 is 1.73. The molecule has 2 fully saturated rings. The van der Waals surface area contributed by atoms with Crippen LogP contribution in [0.2, 0.25) is 0 Å². The van der Waals surface area contributed by atoms with E-state index in [1.165, 1.54) is 5.56 Å². The highest BCUT2D eigenvalue weighted by atomic mass is 32.2. The van der Waals surface area contributed by atoms with E-state index in [1.807, 2.05) is 17.9 Å². The third kappa shape index (κ3) is 3.12. The minimum Gasteiger partial charge on any atom is -0.368 e. The van der Waals surface area contributed by atoms with Gasteiger partial charge in [-0.3, -0.25) is 14.3 Å². The summed E-state index contributed by atoms with van der Waals surface area (Å²) in [5, 5.41) is 0. The lowest BCUT2D eigenvalue weighted by Crippen LogP contribution is -2.53. The molecule has 1 aromatic rings. The maximum absolute atomic E-state index is 13.1. The number of fused-ring (bicyclic) bond motifs is 1. The Bertz CT molecular complexity index is 714. The van der Waals surface area contributed by atoms with E-state index in [9.17, 15) is 9.59 Å². The Morgan fingerprint density at radius 2 is 2.15 bits per heavy atom. The van der Waals surface area contributed by atoms with Gasteiger partial charge in [-0.1, -0.05) is 18.0 Å². The molecule has 2 saturated heterocycles. The van der Waals surface area contributed by atoms with Gasteiger partial charge in [0.25, 0.3) is 5.91 Å². The molecule has 0 radical (unpaired) electrons. The van der Waals surface area contributed by atoms with E-state index >= 15 is 0 Å². The van der Waals surface area contributed by atoms with Crippen LogP contribution in [0.1, 0.15) is 38.2 Å². The highest BCUT2D eigenvalue weighted by molar-refractivity contribution is 7.97. The van der Waals surface area contributed by atoms with Crippen molar-refractivity contribution in [1.82, 2.24) is 4.72 Å². The topological polar surface area (TPSA) is 61.9 Å². The maximum Gasteiger partial charge on any atom is 0.256 e. The molecule has 1 aromatic carbocycles. The molecule has 3 atom stereocenters. The molecular weight excluding hydrogens is 350 g/mol. The van der Waals surface area contributed by atoms with Gasteiger partial charge in [-0.05, 0) is 37.5 Å². The molecule has 3 heterocycles. The number of ether oxygens (including phenoxy) is 1. The second-order valence-electron chi connectivity index (χ2n) is 7.29. The molecule has 140 valence electrons. The lowest BCUT2D eigenvalue weighted by Gasteiger charge is -2.41. The molecule has 0 bridgehead atoms. The predicted molar refractivity (Wildman–Crippen MR) is 104 cm³/mol. The van der Waals surface area contributed by atoms with Gasteiger partial charge in [0.1, 0.15) is 6.10 Å². The number of nitrogens with one attached hydrogen (secondary N) is 1. The highest BCUT2D eigenvalue weighted by Crippen LogP contribution is 2.39. The Morgan fingerprint density at radius 1 is 1.31 bits per heavy atom. The van der Waals surface area contributed by atoms with Crippen LogP contribution < -0.4 is 14.5 Å². The summed E-state index contributed by atoms with van der Waals surface area (Å²) in [6.45, 7) is 5.66. The minimum atomic E-state index is -0.355. The van der Waals surface area contributed by atoms with Crippen LogP contribution in [0.25, 0.3) is 0 Å². The summed E-state index contributed by atoms with van der Waals surface area (Å²) < 4.78 is 8.95. The summed E-state index contributed by atoms with van der Waals surface area (Å²) in [5.41, 5.74) is 2.88. The van der Waals surface area contributed by atoms with Crippen LogP contribution in [0.3, 0.4) is 0 Å². The number of carbonyl (C=O) groups is 2. The number of benzene rings is 1. The fourth-order valence-corrected chi connectivity index (χ4v) is 5.07. The molecule has 3 aliphatic heterocycles. The molecule has 26 heavy (non-hydrogen) atoms. The Labute approximate surface area is 158 Å². The summed E-state index contributed by atoms with van der Waals surface area (Å²) in [7, 11) is 0. The zero-order valence-corrected chi connectivity index (χ0v) is 16.1. The molecule has 1 N–H and O–H groups in total. The van der Waals surface area contributed by atoms with Gasteiger partial charge in [-0.15, -0.1) is 0 Å². The van der Waals surface area contributed by atoms with Gasteiger partial charge in [0.05, 0.1) is 17.4 Å². The van der Waals surface area contributed by atoms with Crippen LogP contribution in [-0.4, -0.2) is 49.4 Å². The van der Waals surface area contributed by atoms with Crippen LogP contribution in [-0.2, 0) is 14.3 Å². The molecular formula is C19H25N3O3S. The van der Waals surface area contributed by atoms with Crippen molar-refractivity contribution >= 4 is 35.1 Å². The molecule has 2 unspecified atom stereocenters. The van der Waals surface area contributed by atoms with Crippen LogP contribution in [0.15, 0.2) is 18.2 Å². The van der Waals surface area contributed by atoms with Crippen LogP contribution >= 0.6 is 11.9 Å². The first-order chi connectivity index (χ1) is 12.6. The van der Waals surface area contributed by atoms with Gasteiger partial charge in [0.2, 0.25) is 5.91 Å². The number of nitrogens with zero attached hydrogens (tertiary/aromatic N) is 2. The van der Waals surface area contributed by atoms with E-state index in [-0.39, 0.29) is 24.0 Å². The van der Waals surface area contributed by atoms with E-state index in [0.717, 1.165) is 36.5 Å². The zero-order chi connectivity index (χ0) is 18.3. The van der Waals surface area contributed by atoms with Gasteiger partial charge in [-0.25, -0.2) is 0 Å². The van der Waals surface area contributed by atoms with E-state index in [1.54, 1.807) is 23.8 Å². The maximum atomic E-state index is 13.1. The van der Waals surface area contributed by atoms with Crippen molar-refractivity contribution in [3.8, 4) is 0 Å². The number of amides is 2. The molecule has 3 aliphatic rings. The second-order valence-corrected chi connectivity index (χ2v) is 8.20. The molecule has 0 aromatic heterocycles. The third-order valence-electron chi connectivity index (χ3n) is 5.44. The Kier molecular flexibility index (Phi) is 4.94. The normalized spacial score (nSPS) is 28.3. The van der Waals surface area contributed by atoms with Crippen LogP contribution in [0, 0.1) is 0 Å². The van der Waals surface area contributed by atoms with E-state index in [0.29, 0.717) is 19.1 Å². The smallest absolute Gasteiger partial charge is 0.256 e. The second kappa shape index (κ2) is 7.21. The fraction of sp³-hybridized carbons (Fsp3) is 0.579. The standard InChI is InChI=1S/C19H25N3O3S/c1-12-10-21(19(24)18-4-3-7-25-18)17-8-14(15-9-20-26-11-15)5-6-16(17)22(12)13(2)23/h5-6,8,12,15,18,20H,3-4,7,9-11H2,1-2H3/t12-,15?,18?/m0/s1. The van der Waals surface area contributed by atoms with Gasteiger partial charge in [0, 0.05) is 38.3 Å². The van der Waals surface area contributed by atoms with Crippen molar-refractivity contribution in [2.45, 2.75) is 44.8 Å². The molecule has 4 rings (SSSR count). The Morgan fingerprint density at radius 3 is 2.81 bits per heavy atom. The SMILES string of the molecule is CC(=O)N1c2ccc(C3CNSC3)cc2N(C(=O)C2CCCO2)C[C@@H]1C. The van der Waals surface area contributed by atoms with E-state index < -0.39 is 0 Å². The number of hydrogen-bond donors (Lipinski definition) is 1. The zero-order valence-electron chi connectivity index (χ0n) is 15.2. The number of anilines is 2. The molecule has 7 heteroatoms. The van der Waals surface area contributed by atoms with Gasteiger partial charge < -0.3 is 14.5 Å². The van der Waals surface area contributed by atoms with Gasteiger partial charge in [0.15, 0.2) is 0 Å². The summed E-state index contributed by atoms with van der Waals surface area (Å²) in [6.07, 6.45) is 1.35. The average molecular weight is 375 g/mol. The lowest BCUT2D eigenvalue weighted by molar-refractivity contribution is -0.127. The number of rotatable bonds is 2. The largest absolute Gasteiger partial charge is 0.368 e. The number of hydrogen-bond acceptors (Lipinski definition) is 5. The minimum absolute atomic E-state index is 0.00815. The molecule has 2 amide bonds. The fourth-order valence-electron chi connectivity index (χ4n) is 4.12. The van der Waals surface area contributed by atoms with Crippen molar-refractivity contribution in [3.63, 3.8) is 0 Å². The van der Waals surface area contributed by atoms with Crippen molar-refractivity contribution < 1.29 is 14.3 Å². The molecule has 0 aliphatic carbocycles. The van der Waals surface area contributed by atoms with Gasteiger partial charge in [-0.2, -0.15) is 0 Å². The van der Waals surface area contributed by atoms with Crippen molar-refractivity contribution in [1.29, 1.82) is 0 Å². The molecule has 6 nitrogen and oxygen atoms in total. The first kappa shape index (κ1) is 17.8. The first-order valence-corrected chi connectivity index (χ1v) is 10.3. The highest BCUT2D eigenvalue weighted by Gasteiger charge is 2.37. The quantitative estimate of drug-likeness (QED) is 0.804. The van der Waals surface area contributed by atoms with Crippen molar-refractivity contribution in [3.05, 3.63) is 23.8 Å². The Balaban J connectivity index is 1.74. The average Bonchev–Trinajstić information content (AvgIpc) is 3.33. The summed E-state index contributed by atoms with van der Waals surface area (Å²) in [6, 6.07) is 6.14. The van der Waals surface area contributed by atoms with Crippen LogP contribution in [0.5, 0.6) is 0 Å². The van der Waals surface area contributed by atoms with Crippen molar-refractivity contribution in [2.75, 3.05) is 35.2 Å². The van der Waals surface area contributed by atoms with Crippen molar-refractivity contribution in [2.24, 2.45) is 0 Å². The molecule has 0 spiro atoms. The predicted octanol–water partition coefficient (Wildman–Crippen LogP) is 2.29. The lowest BCUT2D eigenvalue weighted by atomic mass is 9.97. The van der Waals surface area contributed by atoms with E-state index in [4.69, 9.17) is 4.74 Å². The van der Waals surface area contributed by atoms with Gasteiger partial charge >= 0.3 is 0 Å².